The first-order chi connectivity index (χ1) is 21.9. The number of ketones is 1. The van der Waals surface area contributed by atoms with Crippen molar-refractivity contribution in [3.05, 3.63) is 0 Å². The first-order valence-electron chi connectivity index (χ1n) is 18.4. The highest BCUT2D eigenvalue weighted by atomic mass is 16.4. The Balaban J connectivity index is 1.99. The quantitative estimate of drug-likeness (QED) is 0.0658. The summed E-state index contributed by atoms with van der Waals surface area (Å²) in [6, 6.07) is -1.05. The van der Waals surface area contributed by atoms with Crippen LogP contribution >= 0.6 is 0 Å². The highest BCUT2D eigenvalue weighted by molar-refractivity contribution is 5.87. The van der Waals surface area contributed by atoms with E-state index in [1.54, 1.807) is 20.8 Å². The minimum Gasteiger partial charge on any atom is -0.481 e. The molecule has 9 nitrogen and oxygen atoms in total. The van der Waals surface area contributed by atoms with E-state index in [4.69, 9.17) is 5.11 Å². The van der Waals surface area contributed by atoms with Gasteiger partial charge in [-0.15, -0.1) is 0 Å². The predicted molar refractivity (Wildman–Crippen MR) is 182 cm³/mol. The number of carboxylic acids is 2. The molecule has 266 valence electrons. The Hall–Kier alpha value is -2.45. The van der Waals surface area contributed by atoms with Crippen LogP contribution in [0.4, 0.5) is 0 Å². The number of unbranched alkanes of at least 4 members (excludes halogenated alkanes) is 15. The molecule has 1 aliphatic carbocycles. The molecule has 2 amide bonds. The summed E-state index contributed by atoms with van der Waals surface area (Å²) in [6.45, 7) is 6.05. The normalized spacial score (nSPS) is 17.3. The third kappa shape index (κ3) is 21.4. The minimum atomic E-state index is -1.11. The van der Waals surface area contributed by atoms with Gasteiger partial charge in [-0.25, -0.2) is 4.79 Å². The summed E-state index contributed by atoms with van der Waals surface area (Å²) in [5.74, 6) is -1.84. The van der Waals surface area contributed by atoms with Gasteiger partial charge in [-0.3, -0.25) is 19.2 Å². The second-order valence-electron chi connectivity index (χ2n) is 14.7. The van der Waals surface area contributed by atoms with Crippen LogP contribution in [0.2, 0.25) is 0 Å². The first kappa shape index (κ1) is 41.6. The highest BCUT2D eigenvalue weighted by Crippen LogP contribution is 2.29. The maximum absolute atomic E-state index is 12.7. The number of hydrogen-bond acceptors (Lipinski definition) is 5. The Labute approximate surface area is 278 Å². The van der Waals surface area contributed by atoms with Crippen molar-refractivity contribution in [2.24, 2.45) is 17.3 Å². The van der Waals surface area contributed by atoms with Gasteiger partial charge < -0.3 is 20.8 Å². The van der Waals surface area contributed by atoms with Crippen LogP contribution in [0.15, 0.2) is 0 Å². The molecule has 4 N–H and O–H groups in total. The van der Waals surface area contributed by atoms with Gasteiger partial charge in [-0.1, -0.05) is 111 Å². The molecule has 1 fully saturated rings. The number of rotatable bonds is 27. The lowest BCUT2D eigenvalue weighted by Crippen LogP contribution is -2.45. The Morgan fingerprint density at radius 2 is 1.07 bits per heavy atom. The fourth-order valence-electron chi connectivity index (χ4n) is 6.21. The first-order valence-corrected chi connectivity index (χ1v) is 18.4. The molecule has 0 heterocycles. The van der Waals surface area contributed by atoms with Gasteiger partial charge in [0.05, 0.1) is 0 Å². The second-order valence-corrected chi connectivity index (χ2v) is 14.7. The van der Waals surface area contributed by atoms with E-state index >= 15 is 0 Å². The second kappa shape index (κ2) is 24.7. The number of carbonyl (C=O) groups is 5. The molecule has 46 heavy (non-hydrogen) atoms. The molecule has 0 spiro atoms. The summed E-state index contributed by atoms with van der Waals surface area (Å²) in [7, 11) is 0. The smallest absolute Gasteiger partial charge is 0.326 e. The number of nitrogens with one attached hydrogen (secondary N) is 2. The Morgan fingerprint density at radius 1 is 0.630 bits per heavy atom. The zero-order valence-corrected chi connectivity index (χ0v) is 29.3. The van der Waals surface area contributed by atoms with E-state index in [1.165, 1.54) is 70.6 Å². The summed E-state index contributed by atoms with van der Waals surface area (Å²) < 4.78 is 0. The highest BCUT2D eigenvalue weighted by Gasteiger charge is 2.30. The molecule has 1 atom stereocenters. The third-order valence-electron chi connectivity index (χ3n) is 9.46. The average Bonchev–Trinajstić information content (AvgIpc) is 3.00. The van der Waals surface area contributed by atoms with Crippen LogP contribution in [-0.2, 0) is 24.0 Å². The van der Waals surface area contributed by atoms with Crippen molar-refractivity contribution in [3.63, 3.8) is 0 Å². The molecule has 0 aliphatic heterocycles. The van der Waals surface area contributed by atoms with Crippen LogP contribution in [-0.4, -0.2) is 52.3 Å². The zero-order chi connectivity index (χ0) is 34.2. The van der Waals surface area contributed by atoms with Gasteiger partial charge in [-0.2, -0.15) is 0 Å². The van der Waals surface area contributed by atoms with Gasteiger partial charge in [0.1, 0.15) is 11.8 Å². The Bertz CT molecular complexity index is 891. The van der Waals surface area contributed by atoms with Gasteiger partial charge in [0.25, 0.3) is 0 Å². The average molecular weight is 651 g/mol. The van der Waals surface area contributed by atoms with Crippen molar-refractivity contribution in [1.82, 2.24) is 10.6 Å². The molecule has 0 unspecified atom stereocenters. The summed E-state index contributed by atoms with van der Waals surface area (Å²) in [5, 5.41) is 23.9. The molecule has 0 aromatic rings. The van der Waals surface area contributed by atoms with E-state index in [0.29, 0.717) is 38.1 Å². The van der Waals surface area contributed by atoms with Crippen molar-refractivity contribution in [3.8, 4) is 0 Å². The standard InChI is InChI=1S/C37H66N2O7/c1-37(2,3)32(40)27-26-31(36(45)46)39-35(44)30-24-22-29(23-25-30)28-38-33(41)20-18-16-14-12-10-8-6-4-5-7-9-11-13-15-17-19-21-34(42)43/h29-31H,4-28H2,1-3H3,(H,38,41)(H,39,44)(H,42,43)(H,45,46)/t29?,30?,31-/m0/s1. The molecule has 1 saturated carbocycles. The fraction of sp³-hybridized carbons (Fsp3) is 0.865. The third-order valence-corrected chi connectivity index (χ3v) is 9.46. The number of Topliss-reactive ketones (excluding diaryl/α,β-unsaturated/α-hetero) is 1. The van der Waals surface area contributed by atoms with Crippen LogP contribution in [0.3, 0.4) is 0 Å². The van der Waals surface area contributed by atoms with Crippen LogP contribution in [0, 0.1) is 17.3 Å². The molecule has 9 heteroatoms. The molecule has 0 aromatic carbocycles. The van der Waals surface area contributed by atoms with E-state index in [0.717, 1.165) is 44.9 Å². The maximum Gasteiger partial charge on any atom is 0.326 e. The zero-order valence-electron chi connectivity index (χ0n) is 29.3. The maximum atomic E-state index is 12.7. The topological polar surface area (TPSA) is 150 Å². The number of amides is 2. The lowest BCUT2D eigenvalue weighted by Gasteiger charge is -2.29. The molecule has 0 aromatic heterocycles. The van der Waals surface area contributed by atoms with Crippen LogP contribution in [0.5, 0.6) is 0 Å². The number of carbonyl (C=O) groups excluding carboxylic acids is 3. The van der Waals surface area contributed by atoms with Crippen molar-refractivity contribution in [1.29, 1.82) is 0 Å². The van der Waals surface area contributed by atoms with Gasteiger partial charge in [0, 0.05) is 37.1 Å². The summed E-state index contributed by atoms with van der Waals surface area (Å²) in [6.07, 6.45) is 23.2. The predicted octanol–water partition coefficient (Wildman–Crippen LogP) is 7.98. The van der Waals surface area contributed by atoms with E-state index < -0.39 is 23.4 Å². The van der Waals surface area contributed by atoms with Gasteiger partial charge in [0.15, 0.2) is 0 Å². The lowest BCUT2D eigenvalue weighted by molar-refractivity contribution is -0.143. The van der Waals surface area contributed by atoms with Gasteiger partial charge in [0.2, 0.25) is 11.8 Å². The van der Waals surface area contributed by atoms with Crippen LogP contribution < -0.4 is 10.6 Å². The molecule has 0 radical (unpaired) electrons. The van der Waals surface area contributed by atoms with Crippen LogP contribution in [0.1, 0.15) is 175 Å². The van der Waals surface area contributed by atoms with Gasteiger partial charge >= 0.3 is 11.9 Å². The minimum absolute atomic E-state index is 0.0173. The number of hydrogen-bond donors (Lipinski definition) is 4. The van der Waals surface area contributed by atoms with Gasteiger partial charge in [-0.05, 0) is 50.9 Å². The molecule has 1 aliphatic rings. The van der Waals surface area contributed by atoms with E-state index in [2.05, 4.69) is 10.6 Å². The molecule has 0 saturated heterocycles. The summed E-state index contributed by atoms with van der Waals surface area (Å²) in [5.41, 5.74) is -0.530. The van der Waals surface area contributed by atoms with Crippen molar-refractivity contribution >= 4 is 29.5 Å². The monoisotopic (exact) mass is 650 g/mol. The molecular weight excluding hydrogens is 584 g/mol. The number of carboxylic acid groups (broad SMARTS) is 2. The Kier molecular flexibility index (Phi) is 22.3. The van der Waals surface area contributed by atoms with Crippen molar-refractivity contribution < 1.29 is 34.2 Å². The number of aliphatic carboxylic acids is 2. The lowest BCUT2D eigenvalue weighted by atomic mass is 9.81. The fourth-order valence-corrected chi connectivity index (χ4v) is 6.21. The van der Waals surface area contributed by atoms with E-state index in [1.807, 2.05) is 0 Å². The SMILES string of the molecule is CC(C)(C)C(=O)CC[C@H](NC(=O)C1CCC(CNC(=O)CCCCCCCCCCCCCCCCCCC(=O)O)CC1)C(=O)O. The Morgan fingerprint density at radius 3 is 1.48 bits per heavy atom. The van der Waals surface area contributed by atoms with Crippen LogP contribution in [0.25, 0.3) is 0 Å². The van der Waals surface area contributed by atoms with E-state index in [9.17, 15) is 29.1 Å². The summed E-state index contributed by atoms with van der Waals surface area (Å²) >= 11 is 0. The molecule has 0 bridgehead atoms. The molecular formula is C37H66N2O7. The van der Waals surface area contributed by atoms with Crippen molar-refractivity contribution in [2.45, 2.75) is 181 Å². The van der Waals surface area contributed by atoms with E-state index in [-0.39, 0.29) is 36.4 Å². The summed E-state index contributed by atoms with van der Waals surface area (Å²) in [4.78, 5) is 59.4. The molecule has 1 rings (SSSR count). The largest absolute Gasteiger partial charge is 0.481 e. The van der Waals surface area contributed by atoms with Crippen molar-refractivity contribution in [2.75, 3.05) is 6.54 Å².